The molecule has 0 bridgehead atoms. The molecule has 1 aromatic carbocycles. The van der Waals surface area contributed by atoms with Crippen LogP contribution in [0.25, 0.3) is 5.69 Å². The summed E-state index contributed by atoms with van der Waals surface area (Å²) in [5.41, 5.74) is 1.28. The molecule has 0 saturated heterocycles. The van der Waals surface area contributed by atoms with E-state index in [4.69, 9.17) is 5.11 Å². The first kappa shape index (κ1) is 13.4. The molecule has 0 atom stereocenters. The molecule has 1 aliphatic rings. The zero-order valence-electron chi connectivity index (χ0n) is 11.5. The highest BCUT2D eigenvalue weighted by Crippen LogP contribution is 2.35. The van der Waals surface area contributed by atoms with E-state index < -0.39 is 11.5 Å². The van der Waals surface area contributed by atoms with Crippen molar-refractivity contribution in [1.82, 2.24) is 15.1 Å². The highest BCUT2D eigenvalue weighted by atomic mass is 16.4. The van der Waals surface area contributed by atoms with E-state index in [9.17, 15) is 9.59 Å². The molecule has 0 aliphatic heterocycles. The highest BCUT2D eigenvalue weighted by Gasteiger charge is 2.51. The monoisotopic (exact) mass is 285 g/mol. The van der Waals surface area contributed by atoms with Crippen molar-refractivity contribution in [2.45, 2.75) is 25.3 Å². The van der Waals surface area contributed by atoms with Gasteiger partial charge in [0.05, 0.1) is 11.9 Å². The van der Waals surface area contributed by atoms with E-state index in [1.165, 1.54) is 0 Å². The van der Waals surface area contributed by atoms with Gasteiger partial charge in [-0.2, -0.15) is 5.10 Å². The third kappa shape index (κ3) is 2.52. The number of carboxylic acid groups (broad SMARTS) is 1. The zero-order chi connectivity index (χ0) is 15.0. The summed E-state index contributed by atoms with van der Waals surface area (Å²) in [6, 6.07) is 6.89. The fourth-order valence-corrected chi connectivity index (χ4v) is 2.13. The van der Waals surface area contributed by atoms with Gasteiger partial charge in [-0.25, -0.2) is 9.48 Å². The Morgan fingerprint density at radius 3 is 2.43 bits per heavy atom. The molecule has 2 N–H and O–H groups in total. The van der Waals surface area contributed by atoms with Gasteiger partial charge in [0, 0.05) is 11.8 Å². The molecule has 108 valence electrons. The molecule has 2 aromatic rings. The third-order valence-corrected chi connectivity index (χ3v) is 3.62. The summed E-state index contributed by atoms with van der Waals surface area (Å²) in [5, 5.41) is 15.8. The maximum atomic E-state index is 12.1. The van der Waals surface area contributed by atoms with Crippen LogP contribution in [0.4, 0.5) is 0 Å². The van der Waals surface area contributed by atoms with Gasteiger partial charge in [-0.1, -0.05) is 0 Å². The van der Waals surface area contributed by atoms with Crippen LogP contribution in [-0.2, 0) is 4.79 Å². The van der Waals surface area contributed by atoms with Crippen LogP contribution in [0.15, 0.2) is 36.7 Å². The average Bonchev–Trinajstić information content (AvgIpc) is 3.13. The summed E-state index contributed by atoms with van der Waals surface area (Å²) in [6.07, 6.45) is 4.61. The Morgan fingerprint density at radius 1 is 1.29 bits per heavy atom. The number of carbonyl (C=O) groups is 2. The molecule has 1 fully saturated rings. The number of amides is 1. The largest absolute Gasteiger partial charge is 0.480 e. The van der Waals surface area contributed by atoms with Gasteiger partial charge in [0.1, 0.15) is 5.54 Å². The van der Waals surface area contributed by atoms with Crippen molar-refractivity contribution in [3.8, 4) is 5.69 Å². The number of rotatable bonds is 4. The first-order chi connectivity index (χ1) is 10.00. The number of hydrogen-bond acceptors (Lipinski definition) is 3. The van der Waals surface area contributed by atoms with Gasteiger partial charge in [0.2, 0.25) is 0 Å². The number of carboxylic acids is 1. The Bertz CT molecular complexity index is 699. The highest BCUT2D eigenvalue weighted by molar-refractivity contribution is 5.99. The molecule has 6 nitrogen and oxygen atoms in total. The molecule has 1 aromatic heterocycles. The van der Waals surface area contributed by atoms with Crippen LogP contribution in [0.1, 0.15) is 28.8 Å². The first-order valence-corrected chi connectivity index (χ1v) is 6.68. The summed E-state index contributed by atoms with van der Waals surface area (Å²) in [5.74, 6) is -1.34. The van der Waals surface area contributed by atoms with Gasteiger partial charge < -0.3 is 10.4 Å². The quantitative estimate of drug-likeness (QED) is 0.892. The molecule has 1 aliphatic carbocycles. The molecule has 1 heterocycles. The summed E-state index contributed by atoms with van der Waals surface area (Å²) in [6.45, 7) is 1.95. The van der Waals surface area contributed by atoms with E-state index in [0.717, 1.165) is 11.3 Å². The lowest BCUT2D eigenvalue weighted by Crippen LogP contribution is -2.43. The molecule has 1 amide bonds. The van der Waals surface area contributed by atoms with E-state index in [-0.39, 0.29) is 5.91 Å². The smallest absolute Gasteiger partial charge is 0.329 e. The van der Waals surface area contributed by atoms with E-state index in [2.05, 4.69) is 10.4 Å². The molecular weight excluding hydrogens is 270 g/mol. The van der Waals surface area contributed by atoms with Gasteiger partial charge in [-0.3, -0.25) is 4.79 Å². The van der Waals surface area contributed by atoms with Crippen molar-refractivity contribution in [2.24, 2.45) is 0 Å². The van der Waals surface area contributed by atoms with Crippen LogP contribution in [-0.4, -0.2) is 32.3 Å². The lowest BCUT2D eigenvalue weighted by atomic mass is 10.1. The minimum Gasteiger partial charge on any atom is -0.480 e. The van der Waals surface area contributed by atoms with Gasteiger partial charge in [-0.05, 0) is 49.6 Å². The fourth-order valence-electron chi connectivity index (χ4n) is 2.13. The Kier molecular flexibility index (Phi) is 3.01. The normalized spacial score (nSPS) is 15.5. The Hall–Kier alpha value is -2.63. The number of nitrogens with one attached hydrogen (secondary N) is 1. The molecule has 0 radical (unpaired) electrons. The standard InChI is InChI=1S/C15H15N3O3/c1-10-8-16-18(9-10)12-4-2-11(3-5-12)13(19)17-15(6-7-15)14(20)21/h2-5,8-9H,6-7H2,1H3,(H,17,19)(H,20,21). The third-order valence-electron chi connectivity index (χ3n) is 3.62. The van der Waals surface area contributed by atoms with Gasteiger partial charge in [0.15, 0.2) is 0 Å². The van der Waals surface area contributed by atoms with E-state index in [1.807, 2.05) is 13.1 Å². The van der Waals surface area contributed by atoms with Crippen molar-refractivity contribution in [3.63, 3.8) is 0 Å². The van der Waals surface area contributed by atoms with Crippen LogP contribution < -0.4 is 5.32 Å². The lowest BCUT2D eigenvalue weighted by molar-refractivity contribution is -0.140. The maximum absolute atomic E-state index is 12.1. The van der Waals surface area contributed by atoms with Gasteiger partial charge in [0.25, 0.3) is 5.91 Å². The summed E-state index contributed by atoms with van der Waals surface area (Å²) < 4.78 is 1.72. The van der Waals surface area contributed by atoms with Crippen molar-refractivity contribution in [2.75, 3.05) is 0 Å². The second-order valence-electron chi connectivity index (χ2n) is 5.35. The summed E-state index contributed by atoms with van der Waals surface area (Å²) in [4.78, 5) is 23.1. The number of hydrogen-bond donors (Lipinski definition) is 2. The van der Waals surface area contributed by atoms with Crippen LogP contribution in [0.3, 0.4) is 0 Å². The summed E-state index contributed by atoms with van der Waals surface area (Å²) in [7, 11) is 0. The second-order valence-corrected chi connectivity index (χ2v) is 5.35. The van der Waals surface area contributed by atoms with E-state index >= 15 is 0 Å². The predicted octanol–water partition coefficient (Wildman–Crippen LogP) is 1.53. The Labute approximate surface area is 121 Å². The number of aliphatic carboxylic acids is 1. The predicted molar refractivity (Wildman–Crippen MR) is 75.4 cm³/mol. The van der Waals surface area contributed by atoms with Crippen LogP contribution >= 0.6 is 0 Å². The molecule has 21 heavy (non-hydrogen) atoms. The van der Waals surface area contributed by atoms with Crippen molar-refractivity contribution >= 4 is 11.9 Å². The Morgan fingerprint density at radius 2 is 1.95 bits per heavy atom. The average molecular weight is 285 g/mol. The first-order valence-electron chi connectivity index (χ1n) is 6.68. The fraction of sp³-hybridized carbons (Fsp3) is 0.267. The number of carbonyl (C=O) groups excluding carboxylic acids is 1. The van der Waals surface area contributed by atoms with Crippen LogP contribution in [0, 0.1) is 6.92 Å². The van der Waals surface area contributed by atoms with E-state index in [0.29, 0.717) is 18.4 Å². The maximum Gasteiger partial charge on any atom is 0.329 e. The van der Waals surface area contributed by atoms with Crippen LogP contribution in [0.5, 0.6) is 0 Å². The minimum absolute atomic E-state index is 0.363. The molecule has 1 saturated carbocycles. The van der Waals surface area contributed by atoms with Crippen molar-refractivity contribution in [1.29, 1.82) is 0 Å². The lowest BCUT2D eigenvalue weighted by Gasteiger charge is -2.12. The number of nitrogens with zero attached hydrogens (tertiary/aromatic N) is 2. The number of aromatic nitrogens is 2. The second kappa shape index (κ2) is 4.73. The SMILES string of the molecule is Cc1cnn(-c2ccc(C(=O)NC3(C(=O)O)CC3)cc2)c1. The van der Waals surface area contributed by atoms with Gasteiger partial charge >= 0.3 is 5.97 Å². The number of aryl methyl sites for hydroxylation is 1. The zero-order valence-corrected chi connectivity index (χ0v) is 11.5. The molecular formula is C15H15N3O3. The molecule has 0 unspecified atom stereocenters. The number of benzene rings is 1. The molecule has 0 spiro atoms. The minimum atomic E-state index is -1.06. The van der Waals surface area contributed by atoms with Crippen molar-refractivity contribution in [3.05, 3.63) is 47.8 Å². The van der Waals surface area contributed by atoms with Crippen molar-refractivity contribution < 1.29 is 14.7 Å². The van der Waals surface area contributed by atoms with Gasteiger partial charge in [-0.15, -0.1) is 0 Å². The van der Waals surface area contributed by atoms with Crippen LogP contribution in [0.2, 0.25) is 0 Å². The molecule has 3 rings (SSSR count). The Balaban J connectivity index is 1.75. The topological polar surface area (TPSA) is 84.2 Å². The molecule has 6 heteroatoms. The van der Waals surface area contributed by atoms with E-state index in [1.54, 1.807) is 35.1 Å². The summed E-state index contributed by atoms with van der Waals surface area (Å²) >= 11 is 0.